The van der Waals surface area contributed by atoms with Gasteiger partial charge in [-0.1, -0.05) is 47.5 Å². The number of rotatable bonds is 5. The maximum absolute atomic E-state index is 3.71. The zero-order valence-electron chi connectivity index (χ0n) is 13.4. The van der Waals surface area contributed by atoms with Crippen LogP contribution in [-0.4, -0.2) is 36.6 Å². The molecule has 2 nitrogen and oxygen atoms in total. The summed E-state index contributed by atoms with van der Waals surface area (Å²) in [6, 6.07) is 1.33. The Bertz CT molecular complexity index is 230. The van der Waals surface area contributed by atoms with Gasteiger partial charge >= 0.3 is 0 Å². The molecule has 1 fully saturated rings. The van der Waals surface area contributed by atoms with Crippen LogP contribution in [-0.2, 0) is 0 Å². The Kier molecular flexibility index (Phi) is 6.13. The minimum absolute atomic E-state index is 0.371. The monoisotopic (exact) mass is 254 g/mol. The normalized spacial score (nSPS) is 26.8. The lowest BCUT2D eigenvalue weighted by molar-refractivity contribution is 0.0919. The third kappa shape index (κ3) is 5.27. The first kappa shape index (κ1) is 16.0. The zero-order chi connectivity index (χ0) is 13.8. The first-order valence-corrected chi connectivity index (χ1v) is 7.78. The predicted octanol–water partition coefficient (Wildman–Crippen LogP) is 3.52. The highest BCUT2D eigenvalue weighted by Gasteiger charge is 2.31. The quantitative estimate of drug-likeness (QED) is 0.755. The van der Waals surface area contributed by atoms with Crippen LogP contribution in [0, 0.1) is 11.3 Å². The second kappa shape index (κ2) is 6.91. The minimum atomic E-state index is 0.371. The summed E-state index contributed by atoms with van der Waals surface area (Å²) in [6.45, 7) is 17.7. The van der Waals surface area contributed by atoms with Crippen molar-refractivity contribution < 1.29 is 0 Å². The summed E-state index contributed by atoms with van der Waals surface area (Å²) in [7, 11) is 0. The van der Waals surface area contributed by atoms with Crippen LogP contribution in [0.5, 0.6) is 0 Å². The molecule has 18 heavy (non-hydrogen) atoms. The zero-order valence-corrected chi connectivity index (χ0v) is 13.4. The van der Waals surface area contributed by atoms with E-state index in [1.165, 1.54) is 32.4 Å². The lowest BCUT2D eigenvalue weighted by Gasteiger charge is -2.44. The van der Waals surface area contributed by atoms with Crippen molar-refractivity contribution in [3.05, 3.63) is 0 Å². The summed E-state index contributed by atoms with van der Waals surface area (Å²) < 4.78 is 0. The number of unbranched alkanes of at least 4 members (excludes halogenated alkanes) is 1. The van der Waals surface area contributed by atoms with E-state index in [0.29, 0.717) is 17.5 Å². The number of nitrogens with one attached hydrogen (secondary N) is 1. The van der Waals surface area contributed by atoms with E-state index in [1.807, 2.05) is 0 Å². The Balaban J connectivity index is 2.34. The van der Waals surface area contributed by atoms with Gasteiger partial charge < -0.3 is 5.32 Å². The fourth-order valence-corrected chi connectivity index (χ4v) is 2.68. The van der Waals surface area contributed by atoms with Gasteiger partial charge in [0, 0.05) is 25.2 Å². The van der Waals surface area contributed by atoms with Crippen LogP contribution in [0.1, 0.15) is 60.8 Å². The summed E-state index contributed by atoms with van der Waals surface area (Å²) in [6.07, 6.45) is 4.12. The standard InChI is InChI=1S/C16H34N2/c1-13(2)9-7-8-10-18-12-15(16(4,5)6)17-11-14(18)3/h13-15,17H,7-12H2,1-6H3. The van der Waals surface area contributed by atoms with Gasteiger partial charge in [-0.05, 0) is 31.2 Å². The second-order valence-corrected chi connectivity index (χ2v) is 7.56. The molecule has 2 unspecified atom stereocenters. The molecular formula is C16H34N2. The maximum Gasteiger partial charge on any atom is 0.0244 e. The fourth-order valence-electron chi connectivity index (χ4n) is 2.68. The van der Waals surface area contributed by atoms with Crippen LogP contribution in [0.3, 0.4) is 0 Å². The lowest BCUT2D eigenvalue weighted by atomic mass is 9.84. The van der Waals surface area contributed by atoms with Crippen LogP contribution in [0.15, 0.2) is 0 Å². The van der Waals surface area contributed by atoms with Gasteiger partial charge in [0.2, 0.25) is 0 Å². The maximum atomic E-state index is 3.71. The molecule has 1 aliphatic rings. The Hall–Kier alpha value is -0.0800. The molecular weight excluding hydrogens is 220 g/mol. The summed E-state index contributed by atoms with van der Waals surface area (Å²) in [5.74, 6) is 0.854. The van der Waals surface area contributed by atoms with Gasteiger partial charge in [0.15, 0.2) is 0 Å². The van der Waals surface area contributed by atoms with Gasteiger partial charge in [0.1, 0.15) is 0 Å². The average molecular weight is 254 g/mol. The van der Waals surface area contributed by atoms with E-state index in [-0.39, 0.29) is 0 Å². The molecule has 108 valence electrons. The Labute approximate surface area is 115 Å². The van der Waals surface area contributed by atoms with Crippen molar-refractivity contribution in [2.45, 2.75) is 72.9 Å². The molecule has 2 atom stereocenters. The van der Waals surface area contributed by atoms with E-state index >= 15 is 0 Å². The van der Waals surface area contributed by atoms with Crippen molar-refractivity contribution in [1.82, 2.24) is 10.2 Å². The molecule has 2 heteroatoms. The van der Waals surface area contributed by atoms with Crippen LogP contribution in [0.4, 0.5) is 0 Å². The molecule has 1 heterocycles. The topological polar surface area (TPSA) is 15.3 Å². The number of piperazine rings is 1. The van der Waals surface area contributed by atoms with Gasteiger partial charge in [-0.15, -0.1) is 0 Å². The van der Waals surface area contributed by atoms with Crippen molar-refractivity contribution >= 4 is 0 Å². The van der Waals surface area contributed by atoms with Gasteiger partial charge in [-0.2, -0.15) is 0 Å². The van der Waals surface area contributed by atoms with Crippen LogP contribution >= 0.6 is 0 Å². The minimum Gasteiger partial charge on any atom is -0.311 e. The van der Waals surface area contributed by atoms with Crippen molar-refractivity contribution in [1.29, 1.82) is 0 Å². The van der Waals surface area contributed by atoms with Crippen molar-refractivity contribution in [3.8, 4) is 0 Å². The Morgan fingerprint density at radius 2 is 1.89 bits per heavy atom. The first-order valence-electron chi connectivity index (χ1n) is 7.78. The Morgan fingerprint density at radius 1 is 1.22 bits per heavy atom. The third-order valence-electron chi connectivity index (χ3n) is 4.22. The van der Waals surface area contributed by atoms with Crippen LogP contribution in [0.2, 0.25) is 0 Å². The molecule has 0 aromatic rings. The van der Waals surface area contributed by atoms with Gasteiger partial charge in [-0.25, -0.2) is 0 Å². The molecule has 0 bridgehead atoms. The SMILES string of the molecule is CC(C)CCCCN1CC(C(C)(C)C)NCC1C. The summed E-state index contributed by atoms with van der Waals surface area (Å²) in [5, 5.41) is 3.71. The highest BCUT2D eigenvalue weighted by atomic mass is 15.2. The van der Waals surface area contributed by atoms with Gasteiger partial charge in [-0.3, -0.25) is 4.90 Å². The molecule has 1 rings (SSSR count). The highest BCUT2D eigenvalue weighted by Crippen LogP contribution is 2.23. The van der Waals surface area contributed by atoms with Crippen molar-refractivity contribution in [3.63, 3.8) is 0 Å². The summed E-state index contributed by atoms with van der Waals surface area (Å²) >= 11 is 0. The molecule has 1 N–H and O–H groups in total. The average Bonchev–Trinajstić information content (AvgIpc) is 2.24. The van der Waals surface area contributed by atoms with E-state index < -0.39 is 0 Å². The lowest BCUT2D eigenvalue weighted by Crippen LogP contribution is -2.59. The number of nitrogens with zero attached hydrogens (tertiary/aromatic N) is 1. The molecule has 0 radical (unpaired) electrons. The molecule has 0 aliphatic carbocycles. The van der Waals surface area contributed by atoms with Gasteiger partial charge in [0.05, 0.1) is 0 Å². The highest BCUT2D eigenvalue weighted by molar-refractivity contribution is 4.90. The summed E-state index contributed by atoms with van der Waals surface area (Å²) in [5.41, 5.74) is 0.371. The van der Waals surface area contributed by atoms with Crippen molar-refractivity contribution in [2.24, 2.45) is 11.3 Å². The number of hydrogen-bond donors (Lipinski definition) is 1. The molecule has 0 aromatic carbocycles. The third-order valence-corrected chi connectivity index (χ3v) is 4.22. The molecule has 0 amide bonds. The largest absolute Gasteiger partial charge is 0.311 e. The molecule has 0 saturated carbocycles. The van der Waals surface area contributed by atoms with E-state index in [0.717, 1.165) is 12.5 Å². The van der Waals surface area contributed by atoms with Crippen LogP contribution < -0.4 is 5.32 Å². The fraction of sp³-hybridized carbons (Fsp3) is 1.00. The molecule has 0 aromatic heterocycles. The van der Waals surface area contributed by atoms with E-state index in [9.17, 15) is 0 Å². The van der Waals surface area contributed by atoms with Crippen LogP contribution in [0.25, 0.3) is 0 Å². The second-order valence-electron chi connectivity index (χ2n) is 7.56. The smallest absolute Gasteiger partial charge is 0.0244 e. The predicted molar refractivity (Wildman–Crippen MR) is 81.0 cm³/mol. The first-order chi connectivity index (χ1) is 8.30. The van der Waals surface area contributed by atoms with Crippen molar-refractivity contribution in [2.75, 3.05) is 19.6 Å². The van der Waals surface area contributed by atoms with E-state index in [2.05, 4.69) is 51.8 Å². The molecule has 1 aliphatic heterocycles. The van der Waals surface area contributed by atoms with E-state index in [4.69, 9.17) is 0 Å². The summed E-state index contributed by atoms with van der Waals surface area (Å²) in [4.78, 5) is 2.69. The molecule has 0 spiro atoms. The molecule has 1 saturated heterocycles. The van der Waals surface area contributed by atoms with E-state index in [1.54, 1.807) is 0 Å². The number of hydrogen-bond acceptors (Lipinski definition) is 2. The Morgan fingerprint density at radius 3 is 2.44 bits per heavy atom. The van der Waals surface area contributed by atoms with Gasteiger partial charge in [0.25, 0.3) is 0 Å².